The lowest BCUT2D eigenvalue weighted by Crippen LogP contribution is -2.11. The van der Waals surface area contributed by atoms with Crippen LogP contribution >= 0.6 is 0 Å². The summed E-state index contributed by atoms with van der Waals surface area (Å²) in [4.78, 5) is 2.37. The molecule has 59 heavy (non-hydrogen) atoms. The van der Waals surface area contributed by atoms with E-state index in [0.717, 1.165) is 50.3 Å². The van der Waals surface area contributed by atoms with Gasteiger partial charge in [-0.25, -0.2) is 0 Å². The zero-order chi connectivity index (χ0) is 38.9. The van der Waals surface area contributed by atoms with Crippen molar-refractivity contribution in [1.29, 1.82) is 0 Å². The van der Waals surface area contributed by atoms with Crippen molar-refractivity contribution >= 4 is 82.4 Å². The number of hydrogen-bond acceptors (Lipinski definition) is 2. The Morgan fingerprint density at radius 1 is 0.356 bits per heavy atom. The zero-order valence-corrected chi connectivity index (χ0v) is 32.1. The fraction of sp³-hybridized carbons (Fsp3) is 0. The molecule has 0 aliphatic heterocycles. The summed E-state index contributed by atoms with van der Waals surface area (Å²) in [6.45, 7) is 0. The number of fused-ring (bicyclic) bond motifs is 9. The van der Waals surface area contributed by atoms with Gasteiger partial charge < -0.3 is 13.9 Å². The molecule has 3 heteroatoms. The molecule has 0 radical (unpaired) electrons. The zero-order valence-electron chi connectivity index (χ0n) is 32.1. The van der Waals surface area contributed by atoms with Gasteiger partial charge in [0.2, 0.25) is 0 Å². The second kappa shape index (κ2) is 13.4. The lowest BCUT2D eigenvalue weighted by molar-refractivity contribution is 0.669. The van der Waals surface area contributed by atoms with Crippen molar-refractivity contribution in [1.82, 2.24) is 4.57 Å². The Morgan fingerprint density at radius 3 is 1.51 bits per heavy atom. The molecule has 276 valence electrons. The molecule has 2 heterocycles. The largest absolute Gasteiger partial charge is 0.454 e. The van der Waals surface area contributed by atoms with Gasteiger partial charge in [-0.3, -0.25) is 0 Å². The molecule has 0 saturated carbocycles. The van der Waals surface area contributed by atoms with E-state index in [0.29, 0.717) is 0 Å². The number of para-hydroxylation sites is 3. The molecular formula is C56H36N2O. The summed E-state index contributed by atoms with van der Waals surface area (Å²) in [5, 5.41) is 9.53. The molecule has 0 atom stereocenters. The van der Waals surface area contributed by atoms with Gasteiger partial charge >= 0.3 is 0 Å². The van der Waals surface area contributed by atoms with E-state index in [2.05, 4.69) is 222 Å². The molecular weight excluding hydrogens is 717 g/mol. The smallest absolute Gasteiger partial charge is 0.160 e. The summed E-state index contributed by atoms with van der Waals surface area (Å²) < 4.78 is 9.15. The van der Waals surface area contributed by atoms with Crippen molar-refractivity contribution in [2.45, 2.75) is 0 Å². The van der Waals surface area contributed by atoms with Crippen LogP contribution < -0.4 is 4.90 Å². The number of furan rings is 1. The molecule has 10 aromatic carbocycles. The van der Waals surface area contributed by atoms with Crippen molar-refractivity contribution in [2.24, 2.45) is 0 Å². The summed E-state index contributed by atoms with van der Waals surface area (Å²) in [5.41, 5.74) is 13.2. The fourth-order valence-corrected chi connectivity index (χ4v) is 9.20. The standard InChI is InChI=1S/C56H36N2O/c1-3-15-45-41(12-1)14-11-22-50(45)58(53-36-42-13-2-4-16-46(42)55-49-19-7-10-23-54(49)59-56(53)55)44-34-30-40(31-35-44)38-26-24-37(25-27-38)39-28-32-43(33-29-39)57-51-20-8-5-17-47(51)48-18-6-9-21-52(48)57/h1-36H. The first kappa shape index (κ1) is 33.3. The van der Waals surface area contributed by atoms with Gasteiger partial charge in [0.15, 0.2) is 5.58 Å². The van der Waals surface area contributed by atoms with E-state index >= 15 is 0 Å². The van der Waals surface area contributed by atoms with Gasteiger partial charge in [0.1, 0.15) is 5.58 Å². The molecule has 0 unspecified atom stereocenters. The van der Waals surface area contributed by atoms with Gasteiger partial charge in [-0.1, -0.05) is 164 Å². The van der Waals surface area contributed by atoms with E-state index in [-0.39, 0.29) is 0 Å². The highest BCUT2D eigenvalue weighted by Crippen LogP contribution is 2.47. The molecule has 0 fully saturated rings. The van der Waals surface area contributed by atoms with E-state index < -0.39 is 0 Å². The maximum absolute atomic E-state index is 6.78. The van der Waals surface area contributed by atoms with Crippen LogP contribution in [-0.2, 0) is 0 Å². The number of nitrogens with zero attached hydrogens (tertiary/aromatic N) is 2. The molecule has 12 rings (SSSR count). The first-order valence-corrected chi connectivity index (χ1v) is 20.2. The van der Waals surface area contributed by atoms with Crippen LogP contribution in [0.2, 0.25) is 0 Å². The quantitative estimate of drug-likeness (QED) is 0.169. The van der Waals surface area contributed by atoms with E-state index in [9.17, 15) is 0 Å². The molecule has 2 aromatic heterocycles. The number of rotatable bonds is 6. The number of hydrogen-bond donors (Lipinski definition) is 0. The third kappa shape index (κ3) is 5.36. The van der Waals surface area contributed by atoms with E-state index in [1.54, 1.807) is 0 Å². The predicted molar refractivity (Wildman–Crippen MR) is 249 cm³/mol. The monoisotopic (exact) mass is 752 g/mol. The van der Waals surface area contributed by atoms with Crippen molar-refractivity contribution < 1.29 is 4.42 Å². The molecule has 0 aliphatic rings. The Bertz CT molecular complexity index is 3480. The highest BCUT2D eigenvalue weighted by atomic mass is 16.3. The number of anilines is 3. The summed E-state index contributed by atoms with van der Waals surface area (Å²) in [7, 11) is 0. The minimum Gasteiger partial charge on any atom is -0.454 e. The minimum atomic E-state index is 0.876. The Balaban J connectivity index is 0.922. The van der Waals surface area contributed by atoms with Crippen molar-refractivity contribution in [3.63, 3.8) is 0 Å². The third-order valence-corrected chi connectivity index (χ3v) is 12.0. The van der Waals surface area contributed by atoms with Gasteiger partial charge in [0.25, 0.3) is 0 Å². The second-order valence-corrected chi connectivity index (χ2v) is 15.3. The maximum Gasteiger partial charge on any atom is 0.160 e. The predicted octanol–water partition coefficient (Wildman–Crippen LogP) is 15.8. The van der Waals surface area contributed by atoms with Crippen molar-refractivity contribution in [3.8, 4) is 27.9 Å². The van der Waals surface area contributed by atoms with Crippen LogP contribution in [0.3, 0.4) is 0 Å². The lowest BCUT2D eigenvalue weighted by Gasteiger charge is -2.27. The van der Waals surface area contributed by atoms with E-state index in [4.69, 9.17) is 4.42 Å². The first-order chi connectivity index (χ1) is 29.3. The highest BCUT2D eigenvalue weighted by molar-refractivity contribution is 6.23. The summed E-state index contributed by atoms with van der Waals surface area (Å²) in [5.74, 6) is 0. The van der Waals surface area contributed by atoms with E-state index in [1.165, 1.54) is 60.0 Å². The molecule has 0 spiro atoms. The fourth-order valence-electron chi connectivity index (χ4n) is 9.20. The van der Waals surface area contributed by atoms with Crippen LogP contribution in [0.25, 0.3) is 93.2 Å². The second-order valence-electron chi connectivity index (χ2n) is 15.3. The van der Waals surface area contributed by atoms with Crippen LogP contribution in [-0.4, -0.2) is 4.57 Å². The van der Waals surface area contributed by atoms with Gasteiger partial charge in [0.05, 0.1) is 22.4 Å². The molecule has 0 saturated heterocycles. The van der Waals surface area contributed by atoms with E-state index in [1.807, 2.05) is 6.07 Å². The third-order valence-electron chi connectivity index (χ3n) is 12.0. The van der Waals surface area contributed by atoms with Gasteiger partial charge in [-0.15, -0.1) is 0 Å². The van der Waals surface area contributed by atoms with Crippen LogP contribution in [0.15, 0.2) is 223 Å². The molecule has 0 N–H and O–H groups in total. The van der Waals surface area contributed by atoms with Gasteiger partial charge in [-0.2, -0.15) is 0 Å². The summed E-state index contributed by atoms with van der Waals surface area (Å²) in [6.07, 6.45) is 0. The molecule has 0 bridgehead atoms. The SMILES string of the molecule is c1ccc2c(N(c3ccc(-c4ccc(-c5ccc(-n6c7ccccc7c7ccccc76)cc5)cc4)cc3)c3cc4ccccc4c4c3oc3ccccc34)cccc2c1. The Labute approximate surface area is 341 Å². The first-order valence-electron chi connectivity index (χ1n) is 20.2. The van der Waals surface area contributed by atoms with Gasteiger partial charge in [-0.05, 0) is 93.0 Å². The minimum absolute atomic E-state index is 0.876. The molecule has 3 nitrogen and oxygen atoms in total. The normalized spacial score (nSPS) is 11.7. The Morgan fingerprint density at radius 2 is 0.847 bits per heavy atom. The topological polar surface area (TPSA) is 21.3 Å². The Kier molecular flexibility index (Phi) is 7.54. The van der Waals surface area contributed by atoms with Gasteiger partial charge in [0, 0.05) is 38.3 Å². The van der Waals surface area contributed by atoms with Crippen LogP contribution in [0, 0.1) is 0 Å². The number of benzene rings is 10. The van der Waals surface area contributed by atoms with Crippen molar-refractivity contribution in [3.05, 3.63) is 218 Å². The molecule has 0 amide bonds. The lowest BCUT2D eigenvalue weighted by atomic mass is 9.99. The highest BCUT2D eigenvalue weighted by Gasteiger charge is 2.23. The van der Waals surface area contributed by atoms with Crippen LogP contribution in [0.5, 0.6) is 0 Å². The number of aromatic nitrogens is 1. The van der Waals surface area contributed by atoms with Crippen LogP contribution in [0.4, 0.5) is 17.1 Å². The molecule has 12 aromatic rings. The summed E-state index contributed by atoms with van der Waals surface area (Å²) >= 11 is 0. The maximum atomic E-state index is 6.78. The Hall–Kier alpha value is -7.88. The molecule has 0 aliphatic carbocycles. The van der Waals surface area contributed by atoms with Crippen LogP contribution in [0.1, 0.15) is 0 Å². The average molecular weight is 753 g/mol. The summed E-state index contributed by atoms with van der Waals surface area (Å²) in [6, 6.07) is 78.6. The average Bonchev–Trinajstić information content (AvgIpc) is 3.87. The van der Waals surface area contributed by atoms with Crippen molar-refractivity contribution in [2.75, 3.05) is 4.90 Å².